The molecule has 0 saturated heterocycles. The van der Waals surface area contributed by atoms with E-state index >= 15 is 0 Å². The maximum absolute atomic E-state index is 13.4. The fourth-order valence-electron chi connectivity index (χ4n) is 6.96. The molecule has 3 saturated carbocycles. The zero-order valence-corrected chi connectivity index (χ0v) is 14.6. The fraction of sp³-hybridized carbons (Fsp3) is 0.850. The Labute approximate surface area is 134 Å². The van der Waals surface area contributed by atoms with Crippen molar-refractivity contribution in [3.8, 4) is 0 Å². The second kappa shape index (κ2) is 4.26. The van der Waals surface area contributed by atoms with Crippen LogP contribution >= 0.6 is 0 Å². The Balaban J connectivity index is 1.91. The number of ketones is 1. The van der Waals surface area contributed by atoms with Gasteiger partial charge in [0.05, 0.1) is 11.5 Å². The minimum atomic E-state index is -0.481. The van der Waals surface area contributed by atoms with E-state index in [0.717, 1.165) is 19.3 Å². The summed E-state index contributed by atoms with van der Waals surface area (Å²) < 4.78 is 0. The standard InChI is InChI=1S/C20H30O2/c1-10-6-13-11(2)9-16(21)20(13)15(7-10)17-14(19(17,4)5)8-12(3)18(20)22/h6,11-17,21H,7-9H2,1-5H3/t11-,12-,13+,14-,15+,16-,17-,20+/m1/s1. The minimum Gasteiger partial charge on any atom is -0.392 e. The molecule has 0 aromatic rings. The summed E-state index contributed by atoms with van der Waals surface area (Å²) in [7, 11) is 0. The second-order valence-electron chi connectivity index (χ2n) is 9.47. The predicted molar refractivity (Wildman–Crippen MR) is 87.1 cm³/mol. The van der Waals surface area contributed by atoms with Gasteiger partial charge in [-0.3, -0.25) is 4.79 Å². The van der Waals surface area contributed by atoms with Crippen molar-refractivity contribution in [2.75, 3.05) is 0 Å². The van der Waals surface area contributed by atoms with Gasteiger partial charge in [0.2, 0.25) is 0 Å². The first-order valence-electron chi connectivity index (χ1n) is 9.12. The minimum absolute atomic E-state index is 0.105. The molecule has 2 heteroatoms. The van der Waals surface area contributed by atoms with Crippen LogP contribution < -0.4 is 0 Å². The fourth-order valence-corrected chi connectivity index (χ4v) is 6.96. The molecule has 0 radical (unpaired) electrons. The van der Waals surface area contributed by atoms with E-state index in [4.69, 9.17) is 0 Å². The third kappa shape index (κ3) is 1.53. The lowest BCUT2D eigenvalue weighted by Gasteiger charge is -2.47. The Morgan fingerprint density at radius 1 is 1.18 bits per heavy atom. The summed E-state index contributed by atoms with van der Waals surface area (Å²) in [6, 6.07) is 0. The average molecular weight is 302 g/mol. The van der Waals surface area contributed by atoms with Crippen LogP contribution in [0.1, 0.15) is 53.9 Å². The lowest BCUT2D eigenvalue weighted by atomic mass is 9.55. The van der Waals surface area contributed by atoms with E-state index in [2.05, 4.69) is 40.7 Å². The number of fused-ring (bicyclic) bond motifs is 2. The van der Waals surface area contributed by atoms with Crippen molar-refractivity contribution < 1.29 is 9.90 Å². The number of carbonyl (C=O) groups excluding carboxylic acids is 1. The molecule has 0 aliphatic heterocycles. The van der Waals surface area contributed by atoms with Crippen LogP contribution in [0.15, 0.2) is 11.6 Å². The van der Waals surface area contributed by atoms with Gasteiger partial charge in [-0.2, -0.15) is 0 Å². The van der Waals surface area contributed by atoms with Crippen LogP contribution in [-0.4, -0.2) is 17.0 Å². The van der Waals surface area contributed by atoms with E-state index in [1.165, 1.54) is 5.57 Å². The van der Waals surface area contributed by atoms with Crippen molar-refractivity contribution in [2.24, 2.45) is 46.3 Å². The van der Waals surface area contributed by atoms with Crippen LogP contribution in [0, 0.1) is 46.3 Å². The number of aliphatic hydroxyl groups excluding tert-OH is 1. The first kappa shape index (κ1) is 14.9. The highest BCUT2D eigenvalue weighted by Gasteiger charge is 2.73. The summed E-state index contributed by atoms with van der Waals surface area (Å²) in [5, 5.41) is 11.0. The molecule has 8 atom stereocenters. The van der Waals surface area contributed by atoms with Gasteiger partial charge in [-0.15, -0.1) is 0 Å². The van der Waals surface area contributed by atoms with Crippen LogP contribution in [0.2, 0.25) is 0 Å². The Morgan fingerprint density at radius 2 is 1.86 bits per heavy atom. The molecule has 2 nitrogen and oxygen atoms in total. The Kier molecular flexibility index (Phi) is 2.89. The zero-order valence-electron chi connectivity index (χ0n) is 14.6. The molecule has 0 aromatic heterocycles. The van der Waals surface area contributed by atoms with Crippen molar-refractivity contribution in [3.05, 3.63) is 11.6 Å². The highest BCUT2D eigenvalue weighted by atomic mass is 16.3. The van der Waals surface area contributed by atoms with Crippen LogP contribution in [0.3, 0.4) is 0 Å². The van der Waals surface area contributed by atoms with Crippen LogP contribution in [0.5, 0.6) is 0 Å². The highest BCUT2D eigenvalue weighted by molar-refractivity contribution is 5.90. The molecule has 122 valence electrons. The van der Waals surface area contributed by atoms with Crippen LogP contribution in [-0.2, 0) is 4.79 Å². The van der Waals surface area contributed by atoms with Crippen molar-refractivity contribution in [2.45, 2.75) is 60.0 Å². The average Bonchev–Trinajstić information content (AvgIpc) is 2.88. The third-order valence-electron chi connectivity index (χ3n) is 7.99. The molecule has 4 aliphatic rings. The van der Waals surface area contributed by atoms with E-state index in [1.807, 2.05) is 0 Å². The van der Waals surface area contributed by atoms with Crippen molar-refractivity contribution in [3.63, 3.8) is 0 Å². The first-order chi connectivity index (χ1) is 10.2. The SMILES string of the molecule is CC1=C[C@H]2[C@H](C)C[C@@H](O)[C@]23C(=O)[C@H](C)C[C@@H]2[C@H]([C@@H]3C1)C2(C)C. The molecule has 4 aliphatic carbocycles. The quantitative estimate of drug-likeness (QED) is 0.690. The molecule has 4 rings (SSSR count). The molecular formula is C20H30O2. The molecule has 1 spiro atoms. The molecule has 0 heterocycles. The van der Waals surface area contributed by atoms with Gasteiger partial charge in [-0.25, -0.2) is 0 Å². The highest BCUT2D eigenvalue weighted by Crippen LogP contribution is 2.74. The Hall–Kier alpha value is -0.630. The molecule has 3 fully saturated rings. The van der Waals surface area contributed by atoms with E-state index in [9.17, 15) is 9.90 Å². The molecular weight excluding hydrogens is 272 g/mol. The van der Waals surface area contributed by atoms with Gasteiger partial charge in [-0.1, -0.05) is 39.3 Å². The van der Waals surface area contributed by atoms with E-state index in [-0.39, 0.29) is 11.8 Å². The van der Waals surface area contributed by atoms with E-state index in [1.54, 1.807) is 0 Å². The molecule has 22 heavy (non-hydrogen) atoms. The van der Waals surface area contributed by atoms with Gasteiger partial charge in [0, 0.05) is 5.92 Å². The summed E-state index contributed by atoms with van der Waals surface area (Å²) >= 11 is 0. The maximum Gasteiger partial charge on any atom is 0.145 e. The Morgan fingerprint density at radius 3 is 2.55 bits per heavy atom. The number of allylic oxidation sites excluding steroid dienone is 2. The van der Waals surface area contributed by atoms with Gasteiger partial charge >= 0.3 is 0 Å². The van der Waals surface area contributed by atoms with Gasteiger partial charge in [0.1, 0.15) is 5.78 Å². The Bertz CT molecular complexity index is 560. The number of aliphatic hydroxyl groups is 1. The smallest absolute Gasteiger partial charge is 0.145 e. The lowest BCUT2D eigenvalue weighted by molar-refractivity contribution is -0.147. The van der Waals surface area contributed by atoms with Gasteiger partial charge < -0.3 is 5.11 Å². The van der Waals surface area contributed by atoms with Gasteiger partial charge in [0.15, 0.2) is 0 Å². The molecule has 1 N–H and O–H groups in total. The summed E-state index contributed by atoms with van der Waals surface area (Å²) in [4.78, 5) is 13.4. The number of hydrogen-bond acceptors (Lipinski definition) is 2. The lowest BCUT2D eigenvalue weighted by Crippen LogP contribution is -2.53. The number of carbonyl (C=O) groups is 1. The molecule has 0 aromatic carbocycles. The molecule has 0 unspecified atom stereocenters. The topological polar surface area (TPSA) is 37.3 Å². The monoisotopic (exact) mass is 302 g/mol. The summed E-state index contributed by atoms with van der Waals surface area (Å²) in [6.07, 6.45) is 4.75. The maximum atomic E-state index is 13.4. The largest absolute Gasteiger partial charge is 0.392 e. The predicted octanol–water partition coefficient (Wildman–Crippen LogP) is 3.84. The van der Waals surface area contributed by atoms with E-state index in [0.29, 0.717) is 34.9 Å². The summed E-state index contributed by atoms with van der Waals surface area (Å²) in [5.74, 6) is 2.81. The zero-order chi connectivity index (χ0) is 16.0. The van der Waals surface area contributed by atoms with E-state index < -0.39 is 11.5 Å². The van der Waals surface area contributed by atoms with Crippen molar-refractivity contribution in [1.82, 2.24) is 0 Å². The first-order valence-corrected chi connectivity index (χ1v) is 9.12. The molecule has 0 amide bonds. The number of rotatable bonds is 0. The van der Waals surface area contributed by atoms with Gasteiger partial charge in [0.25, 0.3) is 0 Å². The van der Waals surface area contributed by atoms with Crippen molar-refractivity contribution in [1.29, 1.82) is 0 Å². The summed E-state index contributed by atoms with van der Waals surface area (Å²) in [6.45, 7) is 11.3. The second-order valence-corrected chi connectivity index (χ2v) is 9.47. The van der Waals surface area contributed by atoms with Crippen LogP contribution in [0.25, 0.3) is 0 Å². The summed E-state index contributed by atoms with van der Waals surface area (Å²) in [5.41, 5.74) is 1.31. The molecule has 0 bridgehead atoms. The van der Waals surface area contributed by atoms with Crippen molar-refractivity contribution >= 4 is 5.78 Å². The van der Waals surface area contributed by atoms with Crippen LogP contribution in [0.4, 0.5) is 0 Å². The number of hydrogen-bond donors (Lipinski definition) is 1. The number of Topliss-reactive ketones (excluding diaryl/α,β-unsaturated/α-hetero) is 1. The van der Waals surface area contributed by atoms with Gasteiger partial charge in [-0.05, 0) is 61.2 Å². The normalized spacial score (nSPS) is 55.6. The third-order valence-corrected chi connectivity index (χ3v) is 7.99.